The molecule has 0 aliphatic heterocycles. The smallest absolute Gasteiger partial charge is 0.369 e. The fourth-order valence-electron chi connectivity index (χ4n) is 4.41. The third kappa shape index (κ3) is 6.39. The number of aromatic nitrogens is 4. The van der Waals surface area contributed by atoms with Crippen LogP contribution in [-0.4, -0.2) is 55.7 Å². The summed E-state index contributed by atoms with van der Waals surface area (Å²) >= 11 is 0. The van der Waals surface area contributed by atoms with Crippen molar-refractivity contribution in [1.29, 1.82) is 0 Å². The number of rotatable bonds is 12. The number of benzene rings is 1. The number of hydrogen-bond donors (Lipinski definition) is 3. The number of imidazole rings is 1. The molecule has 4 atom stereocenters. The minimum Gasteiger partial charge on any atom is -0.369 e. The Balaban J connectivity index is 1.18. The number of nitrogens with zero attached hydrogens (tertiary/aromatic N) is 5. The average Bonchev–Trinajstić information content (AvgIpc) is 3.42. The van der Waals surface area contributed by atoms with Gasteiger partial charge in [-0.2, -0.15) is 9.97 Å². The summed E-state index contributed by atoms with van der Waals surface area (Å²) in [5, 5.41) is 4.68. The van der Waals surface area contributed by atoms with E-state index < -0.39 is 19.8 Å². The molecule has 2 aromatic heterocycles. The van der Waals surface area contributed by atoms with E-state index in [4.69, 9.17) is 19.6 Å². The van der Waals surface area contributed by atoms with E-state index in [1.54, 1.807) is 37.5 Å². The summed E-state index contributed by atoms with van der Waals surface area (Å²) in [6.45, 7) is 3.47. The van der Waals surface area contributed by atoms with Gasteiger partial charge >= 0.3 is 13.8 Å². The number of nitrogen functional groups attached to an aromatic ring is 1. The number of phosphoric ester groups is 1. The minimum atomic E-state index is -4.68. The molecule has 14 heteroatoms. The summed E-state index contributed by atoms with van der Waals surface area (Å²) in [7, 11) is -4.68. The van der Waals surface area contributed by atoms with E-state index in [2.05, 4.69) is 20.3 Å². The number of phosphoric acid groups is 1. The Morgan fingerprint density at radius 1 is 1.28 bits per heavy atom. The summed E-state index contributed by atoms with van der Waals surface area (Å²) in [5.74, 6) is -0.373. The van der Waals surface area contributed by atoms with Gasteiger partial charge in [0.05, 0.1) is 31.3 Å². The maximum Gasteiger partial charge on any atom is 0.529 e. The number of nitrogens with one attached hydrogen (secondary N) is 1. The van der Waals surface area contributed by atoms with Crippen molar-refractivity contribution >= 4 is 42.4 Å². The molecule has 0 spiro atoms. The molecule has 1 saturated carbocycles. The zero-order valence-electron chi connectivity index (χ0n) is 21.7. The van der Waals surface area contributed by atoms with Crippen molar-refractivity contribution in [2.45, 2.75) is 51.2 Å². The third-order valence-electron chi connectivity index (χ3n) is 6.49. The predicted octanol–water partition coefficient (Wildman–Crippen LogP) is 3.61. The third-order valence-corrected chi connectivity index (χ3v) is 7.38. The second-order valence-corrected chi connectivity index (χ2v) is 10.9. The molecule has 2 aliphatic rings. The van der Waals surface area contributed by atoms with Gasteiger partial charge in [-0.1, -0.05) is 30.4 Å². The number of fused-ring (bicyclic) bond motifs is 1. The average molecular weight is 558 g/mol. The van der Waals surface area contributed by atoms with E-state index in [-0.39, 0.29) is 31.1 Å². The molecule has 0 amide bonds. The number of carbonyl (C=O) groups is 1. The molecule has 4 N–H and O–H groups in total. The van der Waals surface area contributed by atoms with Gasteiger partial charge in [-0.15, -0.1) is 0 Å². The number of hydrogen-bond acceptors (Lipinski definition) is 11. The van der Waals surface area contributed by atoms with Crippen molar-refractivity contribution < 1.29 is 28.1 Å². The van der Waals surface area contributed by atoms with Crippen LogP contribution < -0.4 is 16.1 Å². The lowest BCUT2D eigenvalue weighted by molar-refractivity contribution is -0.139. The van der Waals surface area contributed by atoms with Gasteiger partial charge in [-0.25, -0.2) is 19.4 Å². The van der Waals surface area contributed by atoms with Crippen LogP contribution >= 0.6 is 7.82 Å². The molecule has 0 radical (unpaired) electrons. The highest BCUT2D eigenvalue weighted by molar-refractivity contribution is 7.48. The van der Waals surface area contributed by atoms with Crippen molar-refractivity contribution in [3.63, 3.8) is 0 Å². The highest BCUT2D eigenvalue weighted by Crippen LogP contribution is 2.45. The monoisotopic (exact) mass is 557 g/mol. The molecule has 13 nitrogen and oxygen atoms in total. The summed E-state index contributed by atoms with van der Waals surface area (Å²) in [6.07, 6.45) is 8.27. The van der Waals surface area contributed by atoms with Crippen LogP contribution in [0.2, 0.25) is 0 Å². The second-order valence-electron chi connectivity index (χ2n) is 9.55. The van der Waals surface area contributed by atoms with E-state index in [0.717, 1.165) is 12.8 Å². The predicted molar refractivity (Wildman–Crippen MR) is 145 cm³/mol. The molecule has 5 rings (SSSR count). The number of allylic oxidation sites excluding steroid dienone is 1. The van der Waals surface area contributed by atoms with Crippen LogP contribution in [0.4, 0.5) is 17.5 Å². The maximum absolute atomic E-state index is 12.7. The van der Waals surface area contributed by atoms with Crippen LogP contribution in [-0.2, 0) is 23.2 Å². The first-order valence-electron chi connectivity index (χ1n) is 12.9. The van der Waals surface area contributed by atoms with Crippen molar-refractivity contribution in [2.24, 2.45) is 5.92 Å². The van der Waals surface area contributed by atoms with E-state index in [0.29, 0.717) is 35.1 Å². The molecule has 2 aliphatic carbocycles. The zero-order valence-corrected chi connectivity index (χ0v) is 22.6. The molecule has 1 fully saturated rings. The molecule has 0 saturated heterocycles. The van der Waals surface area contributed by atoms with Gasteiger partial charge in [0.25, 0.3) is 0 Å². The summed E-state index contributed by atoms with van der Waals surface area (Å²) in [6, 6.07) is 8.20. The zero-order chi connectivity index (χ0) is 27.6. The first-order chi connectivity index (χ1) is 18.7. The molecule has 3 aromatic rings. The molecule has 1 unspecified atom stereocenters. The van der Waals surface area contributed by atoms with Gasteiger partial charge in [-0.3, -0.25) is 14.3 Å². The maximum atomic E-state index is 12.7. The highest BCUT2D eigenvalue weighted by Gasteiger charge is 2.34. The molecule has 39 heavy (non-hydrogen) atoms. The lowest BCUT2D eigenvalue weighted by atomic mass is 10.1. The van der Waals surface area contributed by atoms with E-state index in [1.165, 1.54) is 12.0 Å². The van der Waals surface area contributed by atoms with E-state index in [1.807, 2.05) is 22.8 Å². The molecular formula is C25H32N7O6P. The number of anilines is 3. The van der Waals surface area contributed by atoms with Gasteiger partial charge in [-0.05, 0) is 45.2 Å². The molecule has 208 valence electrons. The van der Waals surface area contributed by atoms with E-state index in [9.17, 15) is 14.3 Å². The molecular weight excluding hydrogens is 525 g/mol. The molecule has 1 aromatic carbocycles. The van der Waals surface area contributed by atoms with Crippen molar-refractivity contribution in [1.82, 2.24) is 19.5 Å². The Bertz CT molecular complexity index is 1400. The lowest BCUT2D eigenvalue weighted by Gasteiger charge is -2.28. The van der Waals surface area contributed by atoms with E-state index >= 15 is 0 Å². The summed E-state index contributed by atoms with van der Waals surface area (Å²) in [4.78, 5) is 41.7. The van der Waals surface area contributed by atoms with Gasteiger partial charge < -0.3 is 20.1 Å². The topological polar surface area (TPSA) is 167 Å². The second kappa shape index (κ2) is 11.3. The molecule has 0 bridgehead atoms. The van der Waals surface area contributed by atoms with Crippen LogP contribution in [0, 0.1) is 5.92 Å². The Hall–Kier alpha value is -3.51. The Morgan fingerprint density at radius 3 is 2.77 bits per heavy atom. The first-order valence-corrected chi connectivity index (χ1v) is 14.4. The summed E-state index contributed by atoms with van der Waals surface area (Å²) < 4.78 is 24.6. The normalized spacial score (nSPS) is 21.0. The number of para-hydroxylation sites is 1. The quantitative estimate of drug-likeness (QED) is 0.168. The van der Waals surface area contributed by atoms with Crippen molar-refractivity contribution in [2.75, 3.05) is 29.3 Å². The van der Waals surface area contributed by atoms with Gasteiger partial charge in [0.15, 0.2) is 23.0 Å². The van der Waals surface area contributed by atoms with Crippen LogP contribution in [0.1, 0.15) is 39.2 Å². The number of carbonyl (C=O) groups excluding carboxylic acids is 1. The van der Waals surface area contributed by atoms with Crippen molar-refractivity contribution in [3.05, 3.63) is 48.8 Å². The van der Waals surface area contributed by atoms with Crippen LogP contribution in [0.25, 0.3) is 11.2 Å². The largest absolute Gasteiger partial charge is 0.529 e. The van der Waals surface area contributed by atoms with Crippen molar-refractivity contribution in [3.8, 4) is 0 Å². The highest BCUT2D eigenvalue weighted by atomic mass is 31.2. The van der Waals surface area contributed by atoms with Gasteiger partial charge in [0.1, 0.15) is 0 Å². The van der Waals surface area contributed by atoms with Gasteiger partial charge in [0, 0.05) is 12.0 Å². The number of nitrogens with two attached hydrogens (primary N) is 1. The minimum absolute atomic E-state index is 0.113. The Labute approximate surface area is 225 Å². The fraction of sp³-hybridized carbons (Fsp3) is 0.440. The number of hydroxylamine groups is 1. The first kappa shape index (κ1) is 27.1. The fourth-order valence-corrected chi connectivity index (χ4v) is 5.22. The lowest BCUT2D eigenvalue weighted by Crippen LogP contribution is -2.40. The Kier molecular flexibility index (Phi) is 7.85. The SMILES string of the molecule is CCON(c1ccccc1)[C@@H](C)C(=O)OP(=O)(O)OC[C@@H]1C=C[C@H](n2cnc3c(NC4CC4)nc(N)nc32)C1. The summed E-state index contributed by atoms with van der Waals surface area (Å²) in [5.41, 5.74) is 7.80. The van der Waals surface area contributed by atoms with Crippen LogP contribution in [0.5, 0.6) is 0 Å². The van der Waals surface area contributed by atoms with Crippen LogP contribution in [0.15, 0.2) is 48.8 Å². The Morgan fingerprint density at radius 2 is 2.05 bits per heavy atom. The van der Waals surface area contributed by atoms with Crippen LogP contribution in [0.3, 0.4) is 0 Å². The molecule has 2 heterocycles. The standard InChI is InChI=1S/C25H32N7O6P/c1-3-36-32(19-7-5-4-6-8-19)16(2)24(33)38-39(34,35)37-14-17-9-12-20(13-17)31-15-27-21-22(28-18-10-11-18)29-25(26)30-23(21)31/h4-9,12,15-18,20H,3,10-11,13-14H2,1-2H3,(H,34,35)(H3,26,28,29,30)/t16-,17+,20-/m0/s1. The van der Waals surface area contributed by atoms with Gasteiger partial charge in [0.2, 0.25) is 5.95 Å².